The summed E-state index contributed by atoms with van der Waals surface area (Å²) in [6.07, 6.45) is 0.318. The molecule has 0 bridgehead atoms. The SMILES string of the molecule is CC(C)Oc1ccc(S(=O)(=O)CCCO)cc1. The molecule has 1 aromatic carbocycles. The van der Waals surface area contributed by atoms with Crippen LogP contribution in [0, 0.1) is 0 Å². The van der Waals surface area contributed by atoms with Crippen molar-refractivity contribution in [2.75, 3.05) is 12.4 Å². The molecule has 0 saturated carbocycles. The zero-order valence-corrected chi connectivity index (χ0v) is 10.9. The monoisotopic (exact) mass is 258 g/mol. The summed E-state index contributed by atoms with van der Waals surface area (Å²) in [6.45, 7) is 3.70. The summed E-state index contributed by atoms with van der Waals surface area (Å²) >= 11 is 0. The van der Waals surface area contributed by atoms with Gasteiger partial charge in [0.05, 0.1) is 16.8 Å². The Hall–Kier alpha value is -1.07. The molecule has 0 saturated heterocycles. The average molecular weight is 258 g/mol. The van der Waals surface area contributed by atoms with Crippen LogP contribution >= 0.6 is 0 Å². The summed E-state index contributed by atoms with van der Waals surface area (Å²) in [5.74, 6) is 0.620. The minimum absolute atomic E-state index is 0.0338. The van der Waals surface area contributed by atoms with Crippen LogP contribution in [0.4, 0.5) is 0 Å². The van der Waals surface area contributed by atoms with Gasteiger partial charge in [0.25, 0.3) is 0 Å². The number of hydrogen-bond donors (Lipinski definition) is 1. The van der Waals surface area contributed by atoms with Crippen LogP contribution in [-0.4, -0.2) is 32.0 Å². The largest absolute Gasteiger partial charge is 0.491 e. The predicted molar refractivity (Wildman–Crippen MR) is 66.0 cm³/mol. The van der Waals surface area contributed by atoms with Crippen LogP contribution < -0.4 is 4.74 Å². The van der Waals surface area contributed by atoms with E-state index in [1.54, 1.807) is 12.1 Å². The molecule has 5 heteroatoms. The third kappa shape index (κ3) is 4.36. The van der Waals surface area contributed by atoms with E-state index in [4.69, 9.17) is 9.84 Å². The molecule has 0 aliphatic rings. The van der Waals surface area contributed by atoms with Gasteiger partial charge >= 0.3 is 0 Å². The van der Waals surface area contributed by atoms with Crippen LogP contribution in [0.2, 0.25) is 0 Å². The van der Waals surface area contributed by atoms with E-state index in [1.807, 2.05) is 13.8 Å². The number of rotatable bonds is 6. The fraction of sp³-hybridized carbons (Fsp3) is 0.500. The van der Waals surface area contributed by atoms with Gasteiger partial charge in [-0.1, -0.05) is 0 Å². The van der Waals surface area contributed by atoms with Crippen LogP contribution in [0.1, 0.15) is 20.3 Å². The first-order chi connectivity index (χ1) is 7.95. The zero-order chi connectivity index (χ0) is 12.9. The van der Waals surface area contributed by atoms with Gasteiger partial charge < -0.3 is 9.84 Å². The van der Waals surface area contributed by atoms with Crippen molar-refractivity contribution in [2.45, 2.75) is 31.3 Å². The van der Waals surface area contributed by atoms with E-state index >= 15 is 0 Å². The van der Waals surface area contributed by atoms with E-state index in [9.17, 15) is 8.42 Å². The van der Waals surface area contributed by atoms with E-state index in [-0.39, 0.29) is 29.8 Å². The molecule has 0 fully saturated rings. The Kier molecular flexibility index (Phi) is 4.96. The molecule has 17 heavy (non-hydrogen) atoms. The predicted octanol–water partition coefficient (Wildman–Crippen LogP) is 1.63. The molecule has 0 aromatic heterocycles. The average Bonchev–Trinajstić information content (AvgIpc) is 2.26. The van der Waals surface area contributed by atoms with Gasteiger partial charge in [0.15, 0.2) is 9.84 Å². The first-order valence-electron chi connectivity index (χ1n) is 5.56. The van der Waals surface area contributed by atoms with E-state index in [0.29, 0.717) is 5.75 Å². The van der Waals surface area contributed by atoms with Gasteiger partial charge in [-0.15, -0.1) is 0 Å². The number of hydrogen-bond acceptors (Lipinski definition) is 4. The number of aliphatic hydroxyl groups excluding tert-OH is 1. The highest BCUT2D eigenvalue weighted by molar-refractivity contribution is 7.91. The van der Waals surface area contributed by atoms with Crippen molar-refractivity contribution in [3.8, 4) is 5.75 Å². The van der Waals surface area contributed by atoms with Crippen molar-refractivity contribution < 1.29 is 18.3 Å². The normalized spacial score (nSPS) is 11.8. The zero-order valence-electron chi connectivity index (χ0n) is 10.1. The second-order valence-corrected chi connectivity index (χ2v) is 6.14. The van der Waals surface area contributed by atoms with Crippen molar-refractivity contribution in [3.05, 3.63) is 24.3 Å². The van der Waals surface area contributed by atoms with E-state index in [2.05, 4.69) is 0 Å². The van der Waals surface area contributed by atoms with Crippen LogP contribution in [0.15, 0.2) is 29.2 Å². The summed E-state index contributed by atoms with van der Waals surface area (Å²) in [7, 11) is -3.28. The van der Waals surface area contributed by atoms with Crippen molar-refractivity contribution >= 4 is 9.84 Å². The molecule has 96 valence electrons. The van der Waals surface area contributed by atoms with E-state index in [0.717, 1.165) is 0 Å². The molecule has 1 aromatic rings. The van der Waals surface area contributed by atoms with Crippen LogP contribution in [-0.2, 0) is 9.84 Å². The lowest BCUT2D eigenvalue weighted by atomic mass is 10.3. The Bertz CT molecular complexity index is 434. The summed E-state index contributed by atoms with van der Waals surface area (Å²) in [5.41, 5.74) is 0. The Morgan fingerprint density at radius 1 is 1.24 bits per heavy atom. The molecule has 0 unspecified atom stereocenters. The molecular weight excluding hydrogens is 240 g/mol. The van der Waals surface area contributed by atoms with Crippen molar-refractivity contribution in [1.82, 2.24) is 0 Å². The van der Waals surface area contributed by atoms with Crippen LogP contribution in [0.5, 0.6) is 5.75 Å². The molecule has 0 amide bonds. The van der Waals surface area contributed by atoms with Gasteiger partial charge in [-0.05, 0) is 44.5 Å². The highest BCUT2D eigenvalue weighted by atomic mass is 32.2. The maximum absolute atomic E-state index is 11.8. The molecule has 4 nitrogen and oxygen atoms in total. The third-order valence-electron chi connectivity index (χ3n) is 2.13. The maximum atomic E-state index is 11.8. The van der Waals surface area contributed by atoms with Gasteiger partial charge in [0, 0.05) is 6.61 Å². The minimum atomic E-state index is -3.28. The molecule has 0 radical (unpaired) electrons. The highest BCUT2D eigenvalue weighted by Crippen LogP contribution is 2.18. The lowest BCUT2D eigenvalue weighted by Gasteiger charge is -2.10. The third-order valence-corrected chi connectivity index (χ3v) is 3.94. The van der Waals surface area contributed by atoms with Crippen LogP contribution in [0.3, 0.4) is 0 Å². The fourth-order valence-electron chi connectivity index (χ4n) is 1.37. The van der Waals surface area contributed by atoms with Gasteiger partial charge in [0.2, 0.25) is 0 Å². The summed E-state index contributed by atoms with van der Waals surface area (Å²) < 4.78 is 29.0. The molecule has 0 aliphatic heterocycles. The lowest BCUT2D eigenvalue weighted by molar-refractivity contribution is 0.242. The Balaban J connectivity index is 2.80. The summed E-state index contributed by atoms with van der Waals surface area (Å²) in [4.78, 5) is 0.266. The second kappa shape index (κ2) is 6.02. The molecule has 0 spiro atoms. The van der Waals surface area contributed by atoms with Crippen molar-refractivity contribution in [3.63, 3.8) is 0 Å². The molecule has 0 heterocycles. The topological polar surface area (TPSA) is 63.6 Å². The minimum Gasteiger partial charge on any atom is -0.491 e. The first kappa shape index (κ1) is 14.0. The summed E-state index contributed by atoms with van der Waals surface area (Å²) in [5, 5.41) is 8.64. The van der Waals surface area contributed by atoms with Gasteiger partial charge in [-0.2, -0.15) is 0 Å². The van der Waals surface area contributed by atoms with Gasteiger partial charge in [-0.3, -0.25) is 0 Å². The smallest absolute Gasteiger partial charge is 0.178 e. The molecule has 0 aliphatic carbocycles. The number of benzene rings is 1. The summed E-state index contributed by atoms with van der Waals surface area (Å²) in [6, 6.07) is 6.35. The molecular formula is C12H18O4S. The fourth-order valence-corrected chi connectivity index (χ4v) is 2.67. The lowest BCUT2D eigenvalue weighted by Crippen LogP contribution is -2.09. The molecule has 1 N–H and O–H groups in total. The Labute approximate surface area is 102 Å². The highest BCUT2D eigenvalue weighted by Gasteiger charge is 2.13. The standard InChI is InChI=1S/C12H18O4S/c1-10(2)16-11-4-6-12(7-5-11)17(14,15)9-3-8-13/h4-7,10,13H,3,8-9H2,1-2H3. The second-order valence-electron chi connectivity index (χ2n) is 4.03. The van der Waals surface area contributed by atoms with Crippen molar-refractivity contribution in [2.24, 2.45) is 0 Å². The van der Waals surface area contributed by atoms with Crippen LogP contribution in [0.25, 0.3) is 0 Å². The molecule has 0 atom stereocenters. The molecule has 1 rings (SSSR count). The number of aliphatic hydroxyl groups is 1. The van der Waals surface area contributed by atoms with Crippen molar-refractivity contribution in [1.29, 1.82) is 0 Å². The van der Waals surface area contributed by atoms with Gasteiger partial charge in [0.1, 0.15) is 5.75 Å². The number of ether oxygens (including phenoxy) is 1. The van der Waals surface area contributed by atoms with E-state index in [1.165, 1.54) is 12.1 Å². The first-order valence-corrected chi connectivity index (χ1v) is 7.21. The maximum Gasteiger partial charge on any atom is 0.178 e. The quantitative estimate of drug-likeness (QED) is 0.842. The number of sulfone groups is 1. The Morgan fingerprint density at radius 3 is 2.29 bits per heavy atom. The van der Waals surface area contributed by atoms with E-state index < -0.39 is 9.84 Å². The van der Waals surface area contributed by atoms with Gasteiger partial charge in [-0.25, -0.2) is 8.42 Å². The Morgan fingerprint density at radius 2 is 1.82 bits per heavy atom.